The van der Waals surface area contributed by atoms with Crippen LogP contribution in [0.15, 0.2) is 0 Å². The fourth-order valence-corrected chi connectivity index (χ4v) is 3.10. The smallest absolute Gasteiger partial charge is 0.0599 e. The first-order chi connectivity index (χ1) is 8.26. The molecule has 102 valence electrons. The highest BCUT2D eigenvalue weighted by molar-refractivity contribution is 4.87. The van der Waals surface area contributed by atoms with Crippen molar-refractivity contribution >= 4 is 0 Å². The second-order valence-electron chi connectivity index (χ2n) is 5.24. The van der Waals surface area contributed by atoms with Gasteiger partial charge in [-0.05, 0) is 25.7 Å². The predicted octanol–water partition coefficient (Wildman–Crippen LogP) is 2.39. The van der Waals surface area contributed by atoms with E-state index in [1.807, 2.05) is 7.11 Å². The molecule has 0 radical (unpaired) electrons. The number of piperidine rings is 1. The number of nitrogens with two attached hydrogens (primary N) is 1. The Morgan fingerprint density at radius 2 is 1.94 bits per heavy atom. The van der Waals surface area contributed by atoms with Crippen LogP contribution in [0.5, 0.6) is 0 Å². The molecule has 0 saturated carbocycles. The molecule has 2 unspecified atom stereocenters. The SMILES string of the molecule is CCCC(CCC)N1CCC(OC)CC1CN. The number of ether oxygens (including phenoxy) is 1. The monoisotopic (exact) mass is 242 g/mol. The number of methoxy groups -OCH3 is 1. The van der Waals surface area contributed by atoms with Crippen molar-refractivity contribution in [2.24, 2.45) is 5.73 Å². The van der Waals surface area contributed by atoms with Crippen molar-refractivity contribution in [1.82, 2.24) is 4.90 Å². The van der Waals surface area contributed by atoms with Crippen molar-refractivity contribution in [2.75, 3.05) is 20.2 Å². The van der Waals surface area contributed by atoms with Gasteiger partial charge in [0.05, 0.1) is 6.10 Å². The fourth-order valence-electron chi connectivity index (χ4n) is 3.10. The highest BCUT2D eigenvalue weighted by atomic mass is 16.5. The lowest BCUT2D eigenvalue weighted by Gasteiger charge is -2.43. The molecule has 1 fully saturated rings. The molecule has 1 rings (SSSR count). The van der Waals surface area contributed by atoms with Crippen LogP contribution in [0.1, 0.15) is 52.4 Å². The highest BCUT2D eigenvalue weighted by Gasteiger charge is 2.31. The van der Waals surface area contributed by atoms with Gasteiger partial charge in [-0.15, -0.1) is 0 Å². The first kappa shape index (κ1) is 14.9. The quantitative estimate of drug-likeness (QED) is 0.745. The van der Waals surface area contributed by atoms with Crippen LogP contribution in [0.4, 0.5) is 0 Å². The molecular formula is C14H30N2O. The Kier molecular flexibility index (Phi) is 7.09. The van der Waals surface area contributed by atoms with Crippen LogP contribution in [0.2, 0.25) is 0 Å². The Morgan fingerprint density at radius 1 is 1.29 bits per heavy atom. The summed E-state index contributed by atoms with van der Waals surface area (Å²) in [5.74, 6) is 0. The Morgan fingerprint density at radius 3 is 2.41 bits per heavy atom. The molecule has 0 aromatic heterocycles. The number of hydrogen-bond donors (Lipinski definition) is 1. The van der Waals surface area contributed by atoms with E-state index in [0.717, 1.165) is 32.0 Å². The molecule has 3 heteroatoms. The van der Waals surface area contributed by atoms with Gasteiger partial charge in [0.15, 0.2) is 0 Å². The normalized spacial score (nSPS) is 26.6. The molecule has 0 aliphatic carbocycles. The molecule has 0 spiro atoms. The van der Waals surface area contributed by atoms with Crippen LogP contribution >= 0.6 is 0 Å². The summed E-state index contributed by atoms with van der Waals surface area (Å²) in [5.41, 5.74) is 5.94. The molecule has 0 bridgehead atoms. The van der Waals surface area contributed by atoms with Crippen LogP contribution in [0.25, 0.3) is 0 Å². The van der Waals surface area contributed by atoms with Crippen LogP contribution in [0.3, 0.4) is 0 Å². The molecule has 0 amide bonds. The number of nitrogens with zero attached hydrogens (tertiary/aromatic N) is 1. The van der Waals surface area contributed by atoms with E-state index in [-0.39, 0.29) is 0 Å². The van der Waals surface area contributed by atoms with Gasteiger partial charge in [-0.3, -0.25) is 4.90 Å². The van der Waals surface area contributed by atoms with Gasteiger partial charge in [0.25, 0.3) is 0 Å². The first-order valence-corrected chi connectivity index (χ1v) is 7.25. The van der Waals surface area contributed by atoms with Crippen molar-refractivity contribution in [2.45, 2.75) is 70.6 Å². The molecule has 1 heterocycles. The molecule has 17 heavy (non-hydrogen) atoms. The van der Waals surface area contributed by atoms with Gasteiger partial charge in [0.1, 0.15) is 0 Å². The third-order valence-electron chi connectivity index (χ3n) is 4.03. The van der Waals surface area contributed by atoms with E-state index >= 15 is 0 Å². The summed E-state index contributed by atoms with van der Waals surface area (Å²) in [5, 5.41) is 0. The van der Waals surface area contributed by atoms with Gasteiger partial charge in [-0.25, -0.2) is 0 Å². The molecule has 2 atom stereocenters. The van der Waals surface area contributed by atoms with Gasteiger partial charge in [-0.2, -0.15) is 0 Å². The van der Waals surface area contributed by atoms with Crippen LogP contribution < -0.4 is 5.73 Å². The Bertz CT molecular complexity index is 193. The molecule has 2 N–H and O–H groups in total. The predicted molar refractivity (Wildman–Crippen MR) is 73.2 cm³/mol. The summed E-state index contributed by atoms with van der Waals surface area (Å²) in [6.07, 6.45) is 7.85. The molecule has 0 aromatic rings. The maximum absolute atomic E-state index is 5.94. The van der Waals surface area contributed by atoms with E-state index in [1.165, 1.54) is 25.7 Å². The summed E-state index contributed by atoms with van der Waals surface area (Å²) >= 11 is 0. The Hall–Kier alpha value is -0.120. The van der Waals surface area contributed by atoms with E-state index in [0.29, 0.717) is 12.1 Å². The summed E-state index contributed by atoms with van der Waals surface area (Å²) in [4.78, 5) is 2.66. The van der Waals surface area contributed by atoms with E-state index in [2.05, 4.69) is 18.7 Å². The lowest BCUT2D eigenvalue weighted by Crippen LogP contribution is -2.52. The van der Waals surface area contributed by atoms with Gasteiger partial charge in [0, 0.05) is 32.3 Å². The molecule has 3 nitrogen and oxygen atoms in total. The molecular weight excluding hydrogens is 212 g/mol. The average molecular weight is 242 g/mol. The maximum Gasteiger partial charge on any atom is 0.0599 e. The highest BCUT2D eigenvalue weighted by Crippen LogP contribution is 2.25. The summed E-state index contributed by atoms with van der Waals surface area (Å²) in [6.45, 7) is 6.48. The Balaban J connectivity index is 2.59. The minimum absolute atomic E-state index is 0.420. The third-order valence-corrected chi connectivity index (χ3v) is 4.03. The van der Waals surface area contributed by atoms with Crippen LogP contribution in [-0.4, -0.2) is 43.3 Å². The number of rotatable bonds is 7. The molecule has 0 aromatic carbocycles. The molecule has 1 aliphatic heterocycles. The van der Waals surface area contributed by atoms with Crippen molar-refractivity contribution in [1.29, 1.82) is 0 Å². The lowest BCUT2D eigenvalue weighted by molar-refractivity contribution is -0.00751. The van der Waals surface area contributed by atoms with Gasteiger partial charge >= 0.3 is 0 Å². The van der Waals surface area contributed by atoms with Gasteiger partial charge in [-0.1, -0.05) is 26.7 Å². The summed E-state index contributed by atoms with van der Waals surface area (Å²) < 4.78 is 5.49. The summed E-state index contributed by atoms with van der Waals surface area (Å²) in [7, 11) is 1.82. The number of hydrogen-bond acceptors (Lipinski definition) is 3. The second kappa shape index (κ2) is 8.06. The van der Waals surface area contributed by atoms with E-state index in [9.17, 15) is 0 Å². The van der Waals surface area contributed by atoms with Crippen LogP contribution in [0, 0.1) is 0 Å². The minimum atomic E-state index is 0.420. The van der Waals surface area contributed by atoms with E-state index in [1.54, 1.807) is 0 Å². The zero-order chi connectivity index (χ0) is 12.7. The second-order valence-corrected chi connectivity index (χ2v) is 5.24. The third kappa shape index (κ3) is 4.23. The maximum atomic E-state index is 5.94. The van der Waals surface area contributed by atoms with Gasteiger partial charge < -0.3 is 10.5 Å². The Labute approximate surface area is 107 Å². The average Bonchev–Trinajstić information content (AvgIpc) is 2.37. The summed E-state index contributed by atoms with van der Waals surface area (Å²) in [6, 6.07) is 1.26. The number of likely N-dealkylation sites (tertiary alicyclic amines) is 1. The van der Waals surface area contributed by atoms with E-state index < -0.39 is 0 Å². The van der Waals surface area contributed by atoms with E-state index in [4.69, 9.17) is 10.5 Å². The topological polar surface area (TPSA) is 38.5 Å². The van der Waals surface area contributed by atoms with Crippen molar-refractivity contribution in [3.8, 4) is 0 Å². The fraction of sp³-hybridized carbons (Fsp3) is 1.00. The minimum Gasteiger partial charge on any atom is -0.381 e. The zero-order valence-electron chi connectivity index (χ0n) is 11.8. The van der Waals surface area contributed by atoms with Crippen molar-refractivity contribution in [3.05, 3.63) is 0 Å². The van der Waals surface area contributed by atoms with Gasteiger partial charge in [0.2, 0.25) is 0 Å². The largest absolute Gasteiger partial charge is 0.381 e. The molecule has 1 aliphatic rings. The lowest BCUT2D eigenvalue weighted by atomic mass is 9.94. The van der Waals surface area contributed by atoms with Crippen LogP contribution in [-0.2, 0) is 4.74 Å². The van der Waals surface area contributed by atoms with Crippen molar-refractivity contribution in [3.63, 3.8) is 0 Å². The molecule has 1 saturated heterocycles. The zero-order valence-corrected chi connectivity index (χ0v) is 11.8. The standard InChI is InChI=1S/C14H30N2O/c1-4-6-12(7-5-2)16-9-8-14(17-3)10-13(16)11-15/h12-14H,4-11,15H2,1-3H3. The first-order valence-electron chi connectivity index (χ1n) is 7.25. The van der Waals surface area contributed by atoms with Crippen molar-refractivity contribution < 1.29 is 4.74 Å².